The summed E-state index contributed by atoms with van der Waals surface area (Å²) in [6.45, 7) is 3.88. The number of ether oxygens (including phenoxy) is 1. The van der Waals surface area contributed by atoms with E-state index in [4.69, 9.17) is 16.3 Å². The van der Waals surface area contributed by atoms with Gasteiger partial charge in [-0.05, 0) is 18.1 Å². The molecule has 0 aliphatic carbocycles. The number of amides is 1. The molecule has 0 aliphatic heterocycles. The zero-order valence-corrected chi connectivity index (χ0v) is 11.3. The van der Waals surface area contributed by atoms with Crippen LogP contribution in [-0.2, 0) is 4.79 Å². The van der Waals surface area contributed by atoms with Gasteiger partial charge in [-0.15, -0.1) is 0 Å². The highest BCUT2D eigenvalue weighted by molar-refractivity contribution is 6.32. The highest BCUT2D eigenvalue weighted by Crippen LogP contribution is 2.22. The molecule has 0 heterocycles. The second-order valence-corrected chi connectivity index (χ2v) is 4.74. The van der Waals surface area contributed by atoms with Gasteiger partial charge in [0.1, 0.15) is 5.75 Å². The lowest BCUT2D eigenvalue weighted by Gasteiger charge is -2.15. The van der Waals surface area contributed by atoms with E-state index in [1.165, 1.54) is 0 Å². The first-order valence-corrected chi connectivity index (χ1v) is 6.20. The lowest BCUT2D eigenvalue weighted by Crippen LogP contribution is -2.37. The van der Waals surface area contributed by atoms with Crippen molar-refractivity contribution in [2.24, 2.45) is 5.92 Å². The van der Waals surface area contributed by atoms with E-state index in [-0.39, 0.29) is 25.0 Å². The van der Waals surface area contributed by atoms with Crippen molar-refractivity contribution in [3.8, 4) is 5.75 Å². The molecule has 1 aromatic carbocycles. The van der Waals surface area contributed by atoms with Crippen LogP contribution in [0.1, 0.15) is 13.8 Å². The highest BCUT2D eigenvalue weighted by atomic mass is 35.5. The molecule has 18 heavy (non-hydrogen) atoms. The van der Waals surface area contributed by atoms with Crippen molar-refractivity contribution < 1.29 is 14.6 Å². The van der Waals surface area contributed by atoms with E-state index < -0.39 is 6.10 Å². The van der Waals surface area contributed by atoms with Gasteiger partial charge in [0.05, 0.1) is 11.1 Å². The Morgan fingerprint density at radius 2 is 2.11 bits per heavy atom. The molecule has 1 aromatic rings. The molecule has 4 nitrogen and oxygen atoms in total. The molecular formula is C13H18ClNO3. The van der Waals surface area contributed by atoms with E-state index >= 15 is 0 Å². The summed E-state index contributed by atoms with van der Waals surface area (Å²) in [5.74, 6) is 0.295. The standard InChI is InChI=1S/C13H18ClNO3/c1-9(2)11(16)7-15-13(17)8-18-12-6-4-3-5-10(12)14/h3-6,9,11,16H,7-8H2,1-2H3,(H,15,17). The number of halogens is 1. The fraction of sp³-hybridized carbons (Fsp3) is 0.462. The quantitative estimate of drug-likeness (QED) is 0.830. The molecule has 1 unspecified atom stereocenters. The van der Waals surface area contributed by atoms with Gasteiger partial charge in [-0.25, -0.2) is 0 Å². The van der Waals surface area contributed by atoms with Gasteiger partial charge in [0.2, 0.25) is 0 Å². The third-order valence-electron chi connectivity index (χ3n) is 2.47. The highest BCUT2D eigenvalue weighted by Gasteiger charge is 2.11. The van der Waals surface area contributed by atoms with Crippen molar-refractivity contribution in [2.75, 3.05) is 13.2 Å². The SMILES string of the molecule is CC(C)C(O)CNC(=O)COc1ccccc1Cl. The summed E-state index contributed by atoms with van der Waals surface area (Å²) in [6.07, 6.45) is -0.547. The topological polar surface area (TPSA) is 58.6 Å². The lowest BCUT2D eigenvalue weighted by molar-refractivity contribution is -0.123. The third kappa shape index (κ3) is 4.94. The first-order valence-electron chi connectivity index (χ1n) is 5.82. The first-order chi connectivity index (χ1) is 8.50. The zero-order chi connectivity index (χ0) is 13.5. The van der Waals surface area contributed by atoms with Crippen molar-refractivity contribution in [3.05, 3.63) is 29.3 Å². The first kappa shape index (κ1) is 14.8. The van der Waals surface area contributed by atoms with Gasteiger partial charge in [0.25, 0.3) is 5.91 Å². The summed E-state index contributed by atoms with van der Waals surface area (Å²) in [5, 5.41) is 12.6. The Morgan fingerprint density at radius 3 is 2.72 bits per heavy atom. The van der Waals surface area contributed by atoms with Crippen molar-refractivity contribution >= 4 is 17.5 Å². The lowest BCUT2D eigenvalue weighted by atomic mass is 10.1. The Bertz CT molecular complexity index is 396. The molecule has 100 valence electrons. The maximum atomic E-state index is 11.5. The minimum absolute atomic E-state index is 0.106. The fourth-order valence-corrected chi connectivity index (χ4v) is 1.40. The molecule has 0 spiro atoms. The van der Waals surface area contributed by atoms with Crippen molar-refractivity contribution in [3.63, 3.8) is 0 Å². The minimum Gasteiger partial charge on any atom is -0.482 e. The van der Waals surface area contributed by atoms with Crippen LogP contribution in [0.3, 0.4) is 0 Å². The van der Waals surface area contributed by atoms with E-state index in [1.54, 1.807) is 24.3 Å². The Kier molecular flexibility index (Phi) is 5.95. The van der Waals surface area contributed by atoms with E-state index in [9.17, 15) is 9.90 Å². The maximum Gasteiger partial charge on any atom is 0.258 e. The number of hydrogen-bond donors (Lipinski definition) is 2. The predicted octanol–water partition coefficient (Wildman–Crippen LogP) is 1.85. The second kappa shape index (κ2) is 7.24. The molecule has 1 atom stereocenters. The Labute approximate surface area is 112 Å². The molecule has 0 bridgehead atoms. The van der Waals surface area contributed by atoms with Gasteiger partial charge in [0.15, 0.2) is 6.61 Å². The summed E-state index contributed by atoms with van der Waals surface area (Å²) >= 11 is 5.88. The second-order valence-electron chi connectivity index (χ2n) is 4.33. The van der Waals surface area contributed by atoms with Crippen molar-refractivity contribution in [2.45, 2.75) is 20.0 Å². The number of aliphatic hydroxyl groups is 1. The van der Waals surface area contributed by atoms with Gasteiger partial charge in [0, 0.05) is 6.54 Å². The molecule has 0 saturated carbocycles. The third-order valence-corrected chi connectivity index (χ3v) is 2.79. The van der Waals surface area contributed by atoms with Crippen LogP contribution < -0.4 is 10.1 Å². The molecule has 0 radical (unpaired) electrons. The summed E-state index contributed by atoms with van der Waals surface area (Å²) in [5.41, 5.74) is 0. The number of rotatable bonds is 6. The average Bonchev–Trinajstić information content (AvgIpc) is 2.34. The zero-order valence-electron chi connectivity index (χ0n) is 10.5. The molecule has 5 heteroatoms. The van der Waals surface area contributed by atoms with E-state index in [1.807, 2.05) is 13.8 Å². The van der Waals surface area contributed by atoms with E-state index in [0.29, 0.717) is 10.8 Å². The Morgan fingerprint density at radius 1 is 1.44 bits per heavy atom. The van der Waals surface area contributed by atoms with Gasteiger partial charge in [-0.3, -0.25) is 4.79 Å². The number of para-hydroxylation sites is 1. The fourth-order valence-electron chi connectivity index (χ4n) is 1.21. The number of carbonyl (C=O) groups excluding carboxylic acids is 1. The molecular weight excluding hydrogens is 254 g/mol. The number of carbonyl (C=O) groups is 1. The van der Waals surface area contributed by atoms with Crippen LogP contribution in [0, 0.1) is 5.92 Å². The Hall–Kier alpha value is -1.26. The van der Waals surface area contributed by atoms with Crippen LogP contribution >= 0.6 is 11.6 Å². The molecule has 0 aromatic heterocycles. The molecule has 0 aliphatic rings. The number of aliphatic hydroxyl groups excluding tert-OH is 1. The summed E-state index contributed by atoms with van der Waals surface area (Å²) in [7, 11) is 0. The van der Waals surface area contributed by atoms with Gasteiger partial charge in [-0.1, -0.05) is 37.6 Å². The van der Waals surface area contributed by atoms with E-state index in [2.05, 4.69) is 5.32 Å². The minimum atomic E-state index is -0.547. The van der Waals surface area contributed by atoms with Crippen LogP contribution in [0.15, 0.2) is 24.3 Å². The van der Waals surface area contributed by atoms with Gasteiger partial charge >= 0.3 is 0 Å². The average molecular weight is 272 g/mol. The van der Waals surface area contributed by atoms with Crippen LogP contribution in [0.5, 0.6) is 5.75 Å². The molecule has 2 N–H and O–H groups in total. The van der Waals surface area contributed by atoms with Gasteiger partial charge < -0.3 is 15.2 Å². The van der Waals surface area contributed by atoms with Gasteiger partial charge in [-0.2, -0.15) is 0 Å². The largest absolute Gasteiger partial charge is 0.482 e. The Balaban J connectivity index is 2.32. The normalized spacial score (nSPS) is 12.3. The maximum absolute atomic E-state index is 11.5. The summed E-state index contributed by atoms with van der Waals surface area (Å²) in [4.78, 5) is 11.5. The number of benzene rings is 1. The molecule has 0 saturated heterocycles. The van der Waals surface area contributed by atoms with Crippen molar-refractivity contribution in [1.29, 1.82) is 0 Å². The monoisotopic (exact) mass is 271 g/mol. The predicted molar refractivity (Wildman–Crippen MR) is 70.8 cm³/mol. The van der Waals surface area contributed by atoms with Crippen LogP contribution in [0.25, 0.3) is 0 Å². The molecule has 0 fully saturated rings. The number of hydrogen-bond acceptors (Lipinski definition) is 3. The van der Waals surface area contributed by atoms with Crippen LogP contribution in [0.4, 0.5) is 0 Å². The molecule has 1 amide bonds. The van der Waals surface area contributed by atoms with Crippen molar-refractivity contribution in [1.82, 2.24) is 5.32 Å². The summed E-state index contributed by atoms with van der Waals surface area (Å²) in [6, 6.07) is 6.95. The van der Waals surface area contributed by atoms with E-state index in [0.717, 1.165) is 0 Å². The smallest absolute Gasteiger partial charge is 0.258 e. The van der Waals surface area contributed by atoms with Crippen LogP contribution in [0.2, 0.25) is 5.02 Å². The van der Waals surface area contributed by atoms with Crippen LogP contribution in [-0.4, -0.2) is 30.3 Å². The summed E-state index contributed by atoms with van der Waals surface area (Å²) < 4.78 is 5.27. The number of nitrogens with one attached hydrogen (secondary N) is 1. The molecule has 1 rings (SSSR count).